The third-order valence-electron chi connectivity index (χ3n) is 2.72. The summed E-state index contributed by atoms with van der Waals surface area (Å²) >= 11 is 1.59. The minimum atomic E-state index is -0.543. The molecule has 1 unspecified atom stereocenters. The first-order chi connectivity index (χ1) is 8.58. The summed E-state index contributed by atoms with van der Waals surface area (Å²) in [4.78, 5) is 1.01. The van der Waals surface area contributed by atoms with E-state index in [0.717, 1.165) is 21.8 Å². The molecule has 2 nitrogen and oxygen atoms in total. The highest BCUT2D eigenvalue weighted by atomic mass is 32.1. The maximum atomic E-state index is 10.3. The van der Waals surface area contributed by atoms with Crippen molar-refractivity contribution in [2.45, 2.75) is 33.0 Å². The molecule has 1 aromatic carbocycles. The minimum Gasteiger partial charge on any atom is -0.491 e. The van der Waals surface area contributed by atoms with Gasteiger partial charge in [0, 0.05) is 4.88 Å². The standard InChI is InChI=1S/C15H18O2S/c1-10(2)17-13-6-4-12(5-7-13)14(16)15-11(3)8-9-18-15/h4-10,14,16H,1-3H3. The Bertz CT molecular complexity index is 499. The van der Waals surface area contributed by atoms with Crippen molar-refractivity contribution in [2.24, 2.45) is 0 Å². The highest BCUT2D eigenvalue weighted by Crippen LogP contribution is 2.30. The predicted octanol–water partition coefficient (Wildman–Crippen LogP) is 3.93. The van der Waals surface area contributed by atoms with Gasteiger partial charge in [-0.1, -0.05) is 12.1 Å². The largest absolute Gasteiger partial charge is 0.491 e. The molecule has 1 N–H and O–H groups in total. The van der Waals surface area contributed by atoms with Gasteiger partial charge < -0.3 is 9.84 Å². The van der Waals surface area contributed by atoms with Crippen molar-refractivity contribution >= 4 is 11.3 Å². The van der Waals surface area contributed by atoms with Crippen molar-refractivity contribution in [1.29, 1.82) is 0 Å². The third kappa shape index (κ3) is 2.92. The summed E-state index contributed by atoms with van der Waals surface area (Å²) in [5, 5.41) is 12.3. The first-order valence-corrected chi connectivity index (χ1v) is 6.94. The average Bonchev–Trinajstić information content (AvgIpc) is 2.75. The summed E-state index contributed by atoms with van der Waals surface area (Å²) in [6.07, 6.45) is -0.376. The summed E-state index contributed by atoms with van der Waals surface area (Å²) in [6.45, 7) is 6.01. The van der Waals surface area contributed by atoms with E-state index in [2.05, 4.69) is 0 Å². The van der Waals surface area contributed by atoms with E-state index in [1.807, 2.05) is 56.5 Å². The van der Waals surface area contributed by atoms with Crippen molar-refractivity contribution in [3.8, 4) is 5.75 Å². The fourth-order valence-electron chi connectivity index (χ4n) is 1.82. The Morgan fingerprint density at radius 3 is 2.28 bits per heavy atom. The first kappa shape index (κ1) is 13.1. The van der Waals surface area contributed by atoms with Crippen molar-refractivity contribution in [3.63, 3.8) is 0 Å². The van der Waals surface area contributed by atoms with E-state index in [1.165, 1.54) is 0 Å². The molecule has 2 aromatic rings. The predicted molar refractivity (Wildman–Crippen MR) is 75.3 cm³/mol. The molecule has 18 heavy (non-hydrogen) atoms. The minimum absolute atomic E-state index is 0.167. The van der Waals surface area contributed by atoms with E-state index in [-0.39, 0.29) is 6.10 Å². The molecule has 0 spiro atoms. The molecule has 0 saturated heterocycles. The number of thiophene rings is 1. The van der Waals surface area contributed by atoms with Gasteiger partial charge in [-0.15, -0.1) is 11.3 Å². The van der Waals surface area contributed by atoms with Crippen LogP contribution in [0.3, 0.4) is 0 Å². The Hall–Kier alpha value is -1.32. The van der Waals surface area contributed by atoms with Crippen molar-refractivity contribution in [1.82, 2.24) is 0 Å². The van der Waals surface area contributed by atoms with Crippen LogP contribution in [0.25, 0.3) is 0 Å². The van der Waals surface area contributed by atoms with Gasteiger partial charge in [-0.05, 0) is 55.5 Å². The van der Waals surface area contributed by atoms with Crippen LogP contribution in [0.5, 0.6) is 5.75 Å². The average molecular weight is 262 g/mol. The molecule has 0 fully saturated rings. The zero-order valence-electron chi connectivity index (χ0n) is 10.9. The van der Waals surface area contributed by atoms with Gasteiger partial charge in [-0.3, -0.25) is 0 Å². The van der Waals surface area contributed by atoms with Gasteiger partial charge in [0.05, 0.1) is 6.10 Å². The highest BCUT2D eigenvalue weighted by Gasteiger charge is 2.14. The van der Waals surface area contributed by atoms with Crippen molar-refractivity contribution in [3.05, 3.63) is 51.7 Å². The first-order valence-electron chi connectivity index (χ1n) is 6.06. The molecule has 0 aliphatic carbocycles. The van der Waals surface area contributed by atoms with E-state index >= 15 is 0 Å². The lowest BCUT2D eigenvalue weighted by molar-refractivity contribution is 0.222. The number of ether oxygens (including phenoxy) is 1. The van der Waals surface area contributed by atoms with Crippen molar-refractivity contribution in [2.75, 3.05) is 0 Å². The van der Waals surface area contributed by atoms with Gasteiger partial charge in [-0.25, -0.2) is 0 Å². The number of aryl methyl sites for hydroxylation is 1. The van der Waals surface area contributed by atoms with Crippen LogP contribution in [0.15, 0.2) is 35.7 Å². The molecule has 0 radical (unpaired) electrons. The maximum absolute atomic E-state index is 10.3. The number of rotatable bonds is 4. The Balaban J connectivity index is 2.17. The summed E-state index contributed by atoms with van der Waals surface area (Å²) in [7, 11) is 0. The lowest BCUT2D eigenvalue weighted by atomic mass is 10.1. The number of benzene rings is 1. The van der Waals surface area contributed by atoms with Crippen LogP contribution in [-0.4, -0.2) is 11.2 Å². The van der Waals surface area contributed by atoms with Crippen LogP contribution in [0.1, 0.15) is 36.0 Å². The molecular weight excluding hydrogens is 244 g/mol. The molecule has 1 atom stereocenters. The molecule has 0 aliphatic rings. The molecule has 1 heterocycles. The van der Waals surface area contributed by atoms with E-state index < -0.39 is 6.10 Å². The van der Waals surface area contributed by atoms with Gasteiger partial charge in [0.15, 0.2) is 0 Å². The van der Waals surface area contributed by atoms with Crippen LogP contribution < -0.4 is 4.74 Å². The topological polar surface area (TPSA) is 29.5 Å². The normalized spacial score (nSPS) is 12.7. The van der Waals surface area contributed by atoms with Gasteiger partial charge in [0.25, 0.3) is 0 Å². The lowest BCUT2D eigenvalue weighted by Gasteiger charge is -2.13. The van der Waals surface area contributed by atoms with Crippen molar-refractivity contribution < 1.29 is 9.84 Å². The molecule has 1 aromatic heterocycles. The highest BCUT2D eigenvalue weighted by molar-refractivity contribution is 7.10. The quantitative estimate of drug-likeness (QED) is 0.904. The SMILES string of the molecule is Cc1ccsc1C(O)c1ccc(OC(C)C)cc1. The second-order valence-corrected chi connectivity index (χ2v) is 5.55. The van der Waals surface area contributed by atoms with Crippen LogP contribution >= 0.6 is 11.3 Å². The smallest absolute Gasteiger partial charge is 0.119 e. The van der Waals surface area contributed by atoms with E-state index in [1.54, 1.807) is 11.3 Å². The Morgan fingerprint density at radius 1 is 1.11 bits per heavy atom. The summed E-state index contributed by atoms with van der Waals surface area (Å²) in [5.74, 6) is 0.837. The number of hydrogen-bond acceptors (Lipinski definition) is 3. The fourth-order valence-corrected chi connectivity index (χ4v) is 2.75. The number of aliphatic hydroxyl groups is 1. The molecule has 0 aliphatic heterocycles. The fraction of sp³-hybridized carbons (Fsp3) is 0.333. The number of aliphatic hydroxyl groups excluding tert-OH is 1. The number of hydrogen-bond donors (Lipinski definition) is 1. The van der Waals surface area contributed by atoms with E-state index in [4.69, 9.17) is 4.74 Å². The lowest BCUT2D eigenvalue weighted by Crippen LogP contribution is -2.05. The zero-order valence-corrected chi connectivity index (χ0v) is 11.7. The van der Waals surface area contributed by atoms with Gasteiger partial charge in [0.1, 0.15) is 11.9 Å². The van der Waals surface area contributed by atoms with Gasteiger partial charge >= 0.3 is 0 Å². The molecule has 0 saturated carbocycles. The third-order valence-corrected chi connectivity index (χ3v) is 3.79. The monoisotopic (exact) mass is 262 g/mol. The van der Waals surface area contributed by atoms with Crippen LogP contribution in [0, 0.1) is 6.92 Å². The molecule has 0 bridgehead atoms. The maximum Gasteiger partial charge on any atom is 0.119 e. The summed E-state index contributed by atoms with van der Waals surface area (Å²) < 4.78 is 5.58. The molecule has 3 heteroatoms. The summed E-state index contributed by atoms with van der Waals surface area (Å²) in [6, 6.07) is 9.67. The second-order valence-electron chi connectivity index (χ2n) is 4.61. The molecule has 0 amide bonds. The molecular formula is C15H18O2S. The van der Waals surface area contributed by atoms with Crippen LogP contribution in [0.2, 0.25) is 0 Å². The molecule has 96 valence electrons. The Morgan fingerprint density at radius 2 is 1.78 bits per heavy atom. The second kappa shape index (κ2) is 5.55. The van der Waals surface area contributed by atoms with Crippen LogP contribution in [0.4, 0.5) is 0 Å². The summed E-state index contributed by atoms with van der Waals surface area (Å²) in [5.41, 5.74) is 2.03. The zero-order chi connectivity index (χ0) is 13.1. The Kier molecular flexibility index (Phi) is 4.04. The Labute approximate surface area is 112 Å². The molecule has 2 rings (SSSR count). The van der Waals surface area contributed by atoms with Crippen LogP contribution in [-0.2, 0) is 0 Å². The van der Waals surface area contributed by atoms with E-state index in [9.17, 15) is 5.11 Å². The van der Waals surface area contributed by atoms with Gasteiger partial charge in [0.2, 0.25) is 0 Å². The van der Waals surface area contributed by atoms with E-state index in [0.29, 0.717) is 0 Å². The van der Waals surface area contributed by atoms with Gasteiger partial charge in [-0.2, -0.15) is 0 Å².